The van der Waals surface area contributed by atoms with Gasteiger partial charge >= 0.3 is 6.18 Å². The lowest BCUT2D eigenvalue weighted by molar-refractivity contribution is -0.138. The highest BCUT2D eigenvalue weighted by Crippen LogP contribution is 2.40. The number of carbonyl (C=O) groups excluding carboxylic acids is 2. The van der Waals surface area contributed by atoms with Crippen molar-refractivity contribution < 1.29 is 28.5 Å². The highest BCUT2D eigenvalue weighted by atomic mass is 19.4. The Morgan fingerprint density at radius 1 is 0.929 bits per heavy atom. The molecule has 2 aliphatic rings. The van der Waals surface area contributed by atoms with E-state index < -0.39 is 41.3 Å². The molecule has 42 heavy (non-hydrogen) atoms. The lowest BCUT2D eigenvalue weighted by atomic mass is 9.83. The number of benzene rings is 3. The van der Waals surface area contributed by atoms with Crippen molar-refractivity contribution in [1.29, 1.82) is 0 Å². The minimum atomic E-state index is -4.65. The molecule has 0 unspecified atom stereocenters. The molecule has 0 radical (unpaired) electrons. The van der Waals surface area contributed by atoms with Gasteiger partial charge in [0.25, 0.3) is 5.91 Å². The second-order valence-electron chi connectivity index (χ2n) is 11.3. The molecule has 1 saturated carbocycles. The van der Waals surface area contributed by atoms with Crippen molar-refractivity contribution >= 4 is 23.2 Å². The topological polar surface area (TPSA) is 61.4 Å². The Morgan fingerprint density at radius 2 is 1.64 bits per heavy atom. The summed E-state index contributed by atoms with van der Waals surface area (Å²) in [6, 6.07) is 13.0. The number of amides is 2. The van der Waals surface area contributed by atoms with Gasteiger partial charge in [0, 0.05) is 24.0 Å². The third kappa shape index (κ3) is 6.30. The lowest BCUT2D eigenvalue weighted by Gasteiger charge is -2.41. The molecule has 3 aromatic rings. The number of nitrogens with zero attached hydrogens (tertiary/aromatic N) is 1. The van der Waals surface area contributed by atoms with Crippen LogP contribution >= 0.6 is 0 Å². The molecule has 5 nitrogen and oxygen atoms in total. The summed E-state index contributed by atoms with van der Waals surface area (Å²) in [5, 5.41) is 6.07. The van der Waals surface area contributed by atoms with Gasteiger partial charge in [0.1, 0.15) is 5.82 Å². The molecule has 2 atom stereocenters. The summed E-state index contributed by atoms with van der Waals surface area (Å²) in [4.78, 5) is 29.2. The average molecular weight is 583 g/mol. The van der Waals surface area contributed by atoms with Crippen molar-refractivity contribution in [3.8, 4) is 0 Å². The first kappa shape index (κ1) is 28.2. The second kappa shape index (κ2) is 12.2. The minimum Gasteiger partial charge on any atom is -0.382 e. The largest absolute Gasteiger partial charge is 0.416 e. The van der Waals surface area contributed by atoms with E-state index in [4.69, 9.17) is 1.37 Å². The number of likely N-dealkylation sites (tertiary alicyclic amines) is 1. The number of piperidine rings is 1. The number of hydrogen-bond donors (Lipinski definition) is 2. The van der Waals surface area contributed by atoms with Crippen LogP contribution in [0.15, 0.2) is 60.6 Å². The van der Waals surface area contributed by atoms with Crippen LogP contribution in [0.2, 0.25) is 0 Å². The Morgan fingerprint density at radius 3 is 2.31 bits per heavy atom. The molecule has 2 N–H and O–H groups in total. The fourth-order valence-electron chi connectivity index (χ4n) is 6.21. The lowest BCUT2D eigenvalue weighted by Crippen LogP contribution is -2.46. The van der Waals surface area contributed by atoms with E-state index in [0.717, 1.165) is 30.7 Å². The van der Waals surface area contributed by atoms with Crippen LogP contribution in [-0.2, 0) is 11.0 Å². The maximum Gasteiger partial charge on any atom is 0.416 e. The molecular weight excluding hydrogens is 546 g/mol. The number of carbonyl (C=O) groups is 2. The Bertz CT molecular complexity index is 1480. The summed E-state index contributed by atoms with van der Waals surface area (Å²) in [5.41, 5.74) is 0.648. The van der Waals surface area contributed by atoms with E-state index in [1.54, 1.807) is 13.0 Å². The van der Waals surface area contributed by atoms with Crippen LogP contribution in [0.4, 0.5) is 28.9 Å². The molecule has 0 bridgehead atoms. The van der Waals surface area contributed by atoms with Gasteiger partial charge in [0.2, 0.25) is 5.91 Å². The van der Waals surface area contributed by atoms with Crippen LogP contribution < -0.4 is 10.6 Å². The van der Waals surface area contributed by atoms with Crippen molar-refractivity contribution in [2.75, 3.05) is 17.2 Å². The van der Waals surface area contributed by atoms with Gasteiger partial charge in [0.05, 0.1) is 24.5 Å². The Hall–Kier alpha value is -3.88. The molecule has 2 fully saturated rings. The molecule has 5 rings (SSSR count). The number of rotatable bonds is 6. The van der Waals surface area contributed by atoms with Gasteiger partial charge in [-0.15, -0.1) is 0 Å². The van der Waals surface area contributed by atoms with Gasteiger partial charge in [-0.1, -0.05) is 43.2 Å². The van der Waals surface area contributed by atoms with E-state index in [1.807, 2.05) is 24.3 Å². The zero-order chi connectivity index (χ0) is 30.9. The minimum absolute atomic E-state index is 0.0742. The maximum atomic E-state index is 14.9. The number of halogens is 4. The van der Waals surface area contributed by atoms with Gasteiger partial charge in [-0.25, -0.2) is 4.39 Å². The summed E-state index contributed by atoms with van der Waals surface area (Å²) >= 11 is 0. The number of alkyl halides is 3. The molecule has 0 aromatic heterocycles. The van der Waals surface area contributed by atoms with Crippen LogP contribution in [0.25, 0.3) is 0 Å². The zero-order valence-corrected chi connectivity index (χ0v) is 23.7. The number of nitrogens with one attached hydrogen (secondary N) is 2. The summed E-state index contributed by atoms with van der Waals surface area (Å²) in [5.74, 6) is -2.67. The number of anilines is 2. The predicted octanol–water partition coefficient (Wildman–Crippen LogP) is 8.05. The normalized spacial score (nSPS) is 19.9. The van der Waals surface area contributed by atoms with Crippen molar-refractivity contribution in [3.63, 3.8) is 0 Å². The van der Waals surface area contributed by atoms with Crippen molar-refractivity contribution in [1.82, 2.24) is 4.90 Å². The molecule has 2 amide bonds. The van der Waals surface area contributed by atoms with Gasteiger partial charge in [-0.3, -0.25) is 9.59 Å². The van der Waals surface area contributed by atoms with Gasteiger partial charge < -0.3 is 15.5 Å². The van der Waals surface area contributed by atoms with E-state index in [9.17, 15) is 27.2 Å². The fourth-order valence-corrected chi connectivity index (χ4v) is 6.21. The smallest absolute Gasteiger partial charge is 0.382 e. The first-order chi connectivity index (χ1) is 20.4. The Kier molecular flexibility index (Phi) is 8.18. The van der Waals surface area contributed by atoms with Crippen molar-refractivity contribution in [2.45, 2.75) is 70.6 Å². The van der Waals surface area contributed by atoms with Gasteiger partial charge in [-0.05, 0) is 86.5 Å². The SMILES string of the molecule is [2H]c1cc(C)c(C(F)(F)F)cc1NC(=O)[C@H]1CCCN(C(=O)c2c(C)cccc2F)[C@H]1c1ccc(NC2CCCC2)cc1. The molecule has 0 spiro atoms. The maximum absolute atomic E-state index is 14.9. The van der Waals surface area contributed by atoms with Gasteiger partial charge in [0.15, 0.2) is 0 Å². The standard InChI is InChI=1S/C33H35F4N3O2/c1-20-12-15-25(19-27(20)33(35,36)37)39-31(41)26-10-6-18-40(32(42)29-21(2)7-5-11-28(29)34)30(26)22-13-16-24(17-14-22)38-23-8-3-4-9-23/h5,7,11-17,19,23,26,30,38H,3-4,6,8-10,18H2,1-2H3,(H,39,41)/t26-,30-/m0/s1/i15D. The first-order valence-electron chi connectivity index (χ1n) is 14.9. The molecule has 1 saturated heterocycles. The molecular formula is C33H35F4N3O2. The van der Waals surface area contributed by atoms with Crippen molar-refractivity contribution in [3.05, 3.63) is 94.3 Å². The quantitative estimate of drug-likeness (QED) is 0.289. The monoisotopic (exact) mass is 582 g/mol. The average Bonchev–Trinajstić information content (AvgIpc) is 3.47. The fraction of sp³-hybridized carbons (Fsp3) is 0.394. The summed E-state index contributed by atoms with van der Waals surface area (Å²) < 4.78 is 64.0. The first-order valence-corrected chi connectivity index (χ1v) is 14.4. The Balaban J connectivity index is 1.50. The van der Waals surface area contributed by atoms with Crippen LogP contribution in [0.3, 0.4) is 0 Å². The zero-order valence-electron chi connectivity index (χ0n) is 24.7. The summed E-state index contributed by atoms with van der Waals surface area (Å²) in [7, 11) is 0. The molecule has 222 valence electrons. The molecule has 3 aromatic carbocycles. The van der Waals surface area contributed by atoms with Crippen LogP contribution in [0, 0.1) is 25.6 Å². The summed E-state index contributed by atoms with van der Waals surface area (Å²) in [6.07, 6.45) is 0.654. The molecule has 1 aliphatic carbocycles. The predicted molar refractivity (Wildman–Crippen MR) is 155 cm³/mol. The van der Waals surface area contributed by atoms with E-state index >= 15 is 0 Å². The van der Waals surface area contributed by atoms with Crippen molar-refractivity contribution in [2.24, 2.45) is 5.92 Å². The van der Waals surface area contributed by atoms with Crippen LogP contribution in [-0.4, -0.2) is 29.3 Å². The molecule has 1 heterocycles. The second-order valence-corrected chi connectivity index (χ2v) is 11.3. The Labute approximate surface area is 244 Å². The molecule has 1 aliphatic heterocycles. The number of hydrogen-bond acceptors (Lipinski definition) is 3. The van der Waals surface area contributed by atoms with E-state index in [0.29, 0.717) is 30.0 Å². The highest BCUT2D eigenvalue weighted by Gasteiger charge is 2.41. The van der Waals surface area contributed by atoms with Crippen LogP contribution in [0.1, 0.15) is 78.5 Å². The van der Waals surface area contributed by atoms with E-state index in [-0.39, 0.29) is 29.4 Å². The van der Waals surface area contributed by atoms with Crippen LogP contribution in [0.5, 0.6) is 0 Å². The third-order valence-corrected chi connectivity index (χ3v) is 8.36. The number of aryl methyl sites for hydroxylation is 2. The highest BCUT2D eigenvalue weighted by molar-refractivity contribution is 5.98. The van der Waals surface area contributed by atoms with E-state index in [1.165, 1.54) is 36.8 Å². The third-order valence-electron chi connectivity index (χ3n) is 8.36. The summed E-state index contributed by atoms with van der Waals surface area (Å²) in [6.45, 7) is 3.19. The molecule has 9 heteroatoms. The van der Waals surface area contributed by atoms with Gasteiger partial charge in [-0.2, -0.15) is 13.2 Å². The van der Waals surface area contributed by atoms with E-state index in [2.05, 4.69) is 10.6 Å².